The van der Waals surface area contributed by atoms with Gasteiger partial charge >= 0.3 is 0 Å². The van der Waals surface area contributed by atoms with Crippen LogP contribution in [0.1, 0.15) is 44.7 Å². The first-order chi connectivity index (χ1) is 8.22. The molecule has 0 aromatic carbocycles. The largest absolute Gasteiger partial charge is 0.495 e. The Balaban J connectivity index is 2.41. The summed E-state index contributed by atoms with van der Waals surface area (Å²) in [4.78, 5) is 4.37. The molecule has 2 unspecified atom stereocenters. The van der Waals surface area contributed by atoms with Crippen LogP contribution in [0.2, 0.25) is 0 Å². The zero-order valence-electron chi connectivity index (χ0n) is 10.6. The van der Waals surface area contributed by atoms with Crippen LogP contribution in [0, 0.1) is 5.92 Å². The molecule has 1 N–H and O–H groups in total. The third-order valence-electron chi connectivity index (χ3n) is 3.93. The van der Waals surface area contributed by atoms with E-state index in [9.17, 15) is 5.11 Å². The third kappa shape index (κ3) is 2.16. The first kappa shape index (κ1) is 12.4. The van der Waals surface area contributed by atoms with Gasteiger partial charge in [0, 0.05) is 6.20 Å². The quantitative estimate of drug-likeness (QED) is 0.876. The van der Waals surface area contributed by atoms with Gasteiger partial charge in [-0.3, -0.25) is 4.98 Å². The maximum absolute atomic E-state index is 11.0. The first-order valence-corrected chi connectivity index (χ1v) is 6.44. The highest BCUT2D eigenvalue weighted by atomic mass is 16.5. The van der Waals surface area contributed by atoms with Crippen molar-refractivity contribution in [2.24, 2.45) is 5.92 Å². The summed E-state index contributed by atoms with van der Waals surface area (Å²) in [6.45, 7) is 2.14. The Kier molecular flexibility index (Phi) is 3.67. The first-order valence-electron chi connectivity index (χ1n) is 6.44. The maximum atomic E-state index is 11.0. The Morgan fingerprint density at radius 2 is 2.35 bits per heavy atom. The number of aliphatic hydroxyl groups is 1. The van der Waals surface area contributed by atoms with Crippen LogP contribution in [-0.2, 0) is 5.60 Å². The number of rotatable bonds is 3. The maximum Gasteiger partial charge on any atom is 0.143 e. The molecule has 94 valence electrons. The second-order valence-corrected chi connectivity index (χ2v) is 4.83. The van der Waals surface area contributed by atoms with Gasteiger partial charge in [-0.1, -0.05) is 26.2 Å². The van der Waals surface area contributed by atoms with Gasteiger partial charge < -0.3 is 9.84 Å². The van der Waals surface area contributed by atoms with Crippen molar-refractivity contribution in [2.45, 2.75) is 44.6 Å². The van der Waals surface area contributed by atoms with E-state index in [1.54, 1.807) is 13.3 Å². The van der Waals surface area contributed by atoms with E-state index >= 15 is 0 Å². The fourth-order valence-corrected chi connectivity index (χ4v) is 2.96. The molecule has 2 atom stereocenters. The van der Waals surface area contributed by atoms with Gasteiger partial charge in [-0.2, -0.15) is 0 Å². The molecule has 1 aromatic rings. The molecule has 0 saturated heterocycles. The predicted molar refractivity (Wildman–Crippen MR) is 66.9 cm³/mol. The molecule has 1 fully saturated rings. The smallest absolute Gasteiger partial charge is 0.143 e. The van der Waals surface area contributed by atoms with Crippen LogP contribution in [0.3, 0.4) is 0 Å². The monoisotopic (exact) mass is 235 g/mol. The Bertz CT molecular complexity index is 380. The Morgan fingerprint density at radius 1 is 1.53 bits per heavy atom. The van der Waals surface area contributed by atoms with Crippen molar-refractivity contribution in [3.63, 3.8) is 0 Å². The van der Waals surface area contributed by atoms with E-state index in [1.165, 1.54) is 6.42 Å². The third-order valence-corrected chi connectivity index (χ3v) is 3.93. The summed E-state index contributed by atoms with van der Waals surface area (Å²) in [5.41, 5.74) is -0.0892. The highest BCUT2D eigenvalue weighted by molar-refractivity contribution is 5.32. The number of aromatic nitrogens is 1. The van der Waals surface area contributed by atoms with Crippen LogP contribution in [0.25, 0.3) is 0 Å². The predicted octanol–water partition coefficient (Wildman–Crippen LogP) is 2.88. The summed E-state index contributed by atoms with van der Waals surface area (Å²) in [7, 11) is 1.63. The summed E-state index contributed by atoms with van der Waals surface area (Å²) in [6.07, 6.45) is 6.85. The lowest BCUT2D eigenvalue weighted by atomic mass is 9.72. The van der Waals surface area contributed by atoms with Crippen LogP contribution >= 0.6 is 0 Å². The van der Waals surface area contributed by atoms with Crippen LogP contribution in [-0.4, -0.2) is 17.2 Å². The number of nitrogens with zero attached hydrogens (tertiary/aromatic N) is 1. The average molecular weight is 235 g/mol. The van der Waals surface area contributed by atoms with Crippen molar-refractivity contribution in [3.8, 4) is 5.75 Å². The normalized spacial score (nSPS) is 29.0. The van der Waals surface area contributed by atoms with Crippen molar-refractivity contribution in [1.82, 2.24) is 4.98 Å². The van der Waals surface area contributed by atoms with Crippen molar-refractivity contribution in [3.05, 3.63) is 24.0 Å². The summed E-state index contributed by atoms with van der Waals surface area (Å²) in [5, 5.41) is 11.0. The SMILES string of the molecule is CCC1CCCCC1(O)c1ncccc1OC. The van der Waals surface area contributed by atoms with Gasteiger partial charge in [0.2, 0.25) is 0 Å². The molecular formula is C14H21NO2. The number of hydrogen-bond acceptors (Lipinski definition) is 3. The molecule has 0 spiro atoms. The molecule has 3 heteroatoms. The zero-order valence-corrected chi connectivity index (χ0v) is 10.6. The van der Waals surface area contributed by atoms with Gasteiger partial charge in [-0.05, 0) is 30.9 Å². The minimum Gasteiger partial charge on any atom is -0.495 e. The molecule has 3 nitrogen and oxygen atoms in total. The van der Waals surface area contributed by atoms with Crippen molar-refractivity contribution in [1.29, 1.82) is 0 Å². The van der Waals surface area contributed by atoms with Crippen LogP contribution in [0.15, 0.2) is 18.3 Å². The lowest BCUT2D eigenvalue weighted by Gasteiger charge is -2.39. The van der Waals surface area contributed by atoms with Gasteiger partial charge in [0.05, 0.1) is 7.11 Å². The molecule has 0 amide bonds. The molecule has 1 aromatic heterocycles. The highest BCUT2D eigenvalue weighted by Crippen LogP contribution is 2.45. The molecule has 17 heavy (non-hydrogen) atoms. The van der Waals surface area contributed by atoms with Crippen LogP contribution in [0.5, 0.6) is 5.75 Å². The lowest BCUT2D eigenvalue weighted by molar-refractivity contribution is -0.0608. The zero-order chi connectivity index (χ0) is 12.3. The highest BCUT2D eigenvalue weighted by Gasteiger charge is 2.42. The molecule has 1 aliphatic carbocycles. The summed E-state index contributed by atoms with van der Waals surface area (Å²) in [5.74, 6) is 0.996. The van der Waals surface area contributed by atoms with E-state index in [1.807, 2.05) is 12.1 Å². The second-order valence-electron chi connectivity index (χ2n) is 4.83. The summed E-state index contributed by atoms with van der Waals surface area (Å²) < 4.78 is 5.33. The number of hydrogen-bond donors (Lipinski definition) is 1. The number of pyridine rings is 1. The topological polar surface area (TPSA) is 42.4 Å². The van der Waals surface area contributed by atoms with Gasteiger partial charge in [0.1, 0.15) is 17.0 Å². The average Bonchev–Trinajstić information content (AvgIpc) is 2.39. The molecule has 1 aliphatic rings. The molecular weight excluding hydrogens is 214 g/mol. The minimum absolute atomic E-state index is 0.292. The standard InChI is InChI=1S/C14H21NO2/c1-3-11-7-4-5-9-14(11,16)13-12(17-2)8-6-10-15-13/h6,8,10-11,16H,3-5,7,9H2,1-2H3. The Labute approximate surface area is 103 Å². The molecule has 1 saturated carbocycles. The van der Waals surface area contributed by atoms with Crippen LogP contribution in [0.4, 0.5) is 0 Å². The molecule has 1 heterocycles. The van der Waals surface area contributed by atoms with Gasteiger partial charge in [0.15, 0.2) is 0 Å². The van der Waals surface area contributed by atoms with Crippen molar-refractivity contribution >= 4 is 0 Å². The second kappa shape index (κ2) is 5.05. The number of ether oxygens (including phenoxy) is 1. The lowest BCUT2D eigenvalue weighted by Crippen LogP contribution is -2.38. The van der Waals surface area contributed by atoms with E-state index in [0.717, 1.165) is 25.7 Å². The van der Waals surface area contributed by atoms with Crippen molar-refractivity contribution in [2.75, 3.05) is 7.11 Å². The molecule has 2 rings (SSSR count). The number of methoxy groups -OCH3 is 1. The molecule has 0 radical (unpaired) electrons. The van der Waals surface area contributed by atoms with Crippen molar-refractivity contribution < 1.29 is 9.84 Å². The van der Waals surface area contributed by atoms with E-state index < -0.39 is 5.60 Å². The van der Waals surface area contributed by atoms with E-state index in [2.05, 4.69) is 11.9 Å². The van der Waals surface area contributed by atoms with E-state index in [4.69, 9.17) is 4.74 Å². The fourth-order valence-electron chi connectivity index (χ4n) is 2.96. The Morgan fingerprint density at radius 3 is 3.06 bits per heavy atom. The Hall–Kier alpha value is -1.09. The fraction of sp³-hybridized carbons (Fsp3) is 0.643. The van der Waals surface area contributed by atoms with Gasteiger partial charge in [-0.15, -0.1) is 0 Å². The summed E-state index contributed by atoms with van der Waals surface area (Å²) in [6, 6.07) is 3.72. The van der Waals surface area contributed by atoms with Gasteiger partial charge in [0.25, 0.3) is 0 Å². The van der Waals surface area contributed by atoms with E-state index in [0.29, 0.717) is 17.4 Å². The molecule has 0 bridgehead atoms. The minimum atomic E-state index is -0.806. The van der Waals surface area contributed by atoms with Crippen LogP contribution < -0.4 is 4.74 Å². The molecule has 0 aliphatic heterocycles. The van der Waals surface area contributed by atoms with E-state index in [-0.39, 0.29) is 0 Å². The van der Waals surface area contributed by atoms with Gasteiger partial charge in [-0.25, -0.2) is 0 Å². The summed E-state index contributed by atoms with van der Waals surface area (Å²) >= 11 is 0.